The number of nitrogens with one attached hydrogen (secondary N) is 1. The van der Waals surface area contributed by atoms with Crippen LogP contribution in [0.1, 0.15) is 59.3 Å². The summed E-state index contributed by atoms with van der Waals surface area (Å²) >= 11 is -2.56. The van der Waals surface area contributed by atoms with Gasteiger partial charge < -0.3 is 0 Å². The van der Waals surface area contributed by atoms with E-state index in [0.717, 1.165) is 6.26 Å². The van der Waals surface area contributed by atoms with Crippen molar-refractivity contribution in [3.8, 4) is 0 Å². The average Bonchev–Trinajstić information content (AvgIpc) is 2.54. The fourth-order valence-corrected chi connectivity index (χ4v) is 18.7. The third-order valence-electron chi connectivity index (χ3n) is 4.51. The first-order chi connectivity index (χ1) is 11.4. The first kappa shape index (κ1) is 21.7. The fraction of sp³-hybridized carbons (Fsp3) is 0.765. The fourth-order valence-electron chi connectivity index (χ4n) is 3.15. The van der Waals surface area contributed by atoms with E-state index in [2.05, 4.69) is 30.5 Å². The number of sulfonamides is 1. The zero-order valence-corrected chi connectivity index (χ0v) is 19.3. The van der Waals surface area contributed by atoms with Crippen LogP contribution in [-0.2, 0) is 10.0 Å². The zero-order valence-electron chi connectivity index (χ0n) is 15.6. The number of hydrogen-bond acceptors (Lipinski definition) is 4. The van der Waals surface area contributed by atoms with Crippen LogP contribution in [0.25, 0.3) is 0 Å². The summed E-state index contributed by atoms with van der Waals surface area (Å²) < 4.78 is 30.3. The molecule has 0 aliphatic carbocycles. The van der Waals surface area contributed by atoms with Crippen LogP contribution in [0.2, 0.25) is 13.3 Å². The molecule has 0 saturated carbocycles. The van der Waals surface area contributed by atoms with Crippen molar-refractivity contribution in [2.45, 2.75) is 72.6 Å². The summed E-state index contributed by atoms with van der Waals surface area (Å²) in [6.07, 6.45) is 12.1. The molecule has 0 bridgehead atoms. The molecule has 0 amide bonds. The van der Waals surface area contributed by atoms with Gasteiger partial charge in [-0.25, -0.2) is 0 Å². The molecule has 0 aliphatic heterocycles. The van der Waals surface area contributed by atoms with Crippen molar-refractivity contribution < 1.29 is 8.42 Å². The van der Waals surface area contributed by atoms with Gasteiger partial charge in [0.15, 0.2) is 0 Å². The molecule has 24 heavy (non-hydrogen) atoms. The molecule has 0 unspecified atom stereocenters. The molecule has 1 rings (SSSR count). The Morgan fingerprint density at radius 3 is 1.75 bits per heavy atom. The van der Waals surface area contributed by atoms with Gasteiger partial charge in [-0.3, -0.25) is 0 Å². The van der Waals surface area contributed by atoms with Crippen LogP contribution in [0, 0.1) is 0 Å². The topological polar surface area (TPSA) is 72.0 Å². The van der Waals surface area contributed by atoms with Crippen LogP contribution in [0.3, 0.4) is 0 Å². The molecule has 1 N–H and O–H groups in total. The monoisotopic (exact) mass is 463 g/mol. The van der Waals surface area contributed by atoms with E-state index >= 15 is 0 Å². The Hall–Kier alpha value is -0.371. The Bertz CT molecular complexity index is 554. The molecular formula is C17H33N3O2SSn. The van der Waals surface area contributed by atoms with Gasteiger partial charge in [-0.1, -0.05) is 0 Å². The summed E-state index contributed by atoms with van der Waals surface area (Å²) in [5.41, 5.74) is 0. The first-order valence-corrected chi connectivity index (χ1v) is 18.5. The van der Waals surface area contributed by atoms with Gasteiger partial charge in [0.1, 0.15) is 0 Å². The standard InChI is InChI=1S/C5H6N3O2S.3C4H9.Sn/c1-11(9,10)8-5-4-6-2-3-7-5;3*1-3-4-2;/h3-4H,1H3,(H,7,8);3*1,3-4H2,2H3;. The Labute approximate surface area is 152 Å². The second-order valence-corrected chi connectivity index (χ2v) is 21.6. The van der Waals surface area contributed by atoms with E-state index in [4.69, 9.17) is 4.98 Å². The van der Waals surface area contributed by atoms with Crippen molar-refractivity contribution in [3.63, 3.8) is 0 Å². The van der Waals surface area contributed by atoms with Crippen LogP contribution in [0.5, 0.6) is 0 Å². The average molecular weight is 462 g/mol. The van der Waals surface area contributed by atoms with Crippen molar-refractivity contribution in [2.75, 3.05) is 11.0 Å². The molecule has 0 fully saturated rings. The van der Waals surface area contributed by atoms with Crippen LogP contribution in [0.4, 0.5) is 5.82 Å². The van der Waals surface area contributed by atoms with Crippen LogP contribution in [-0.4, -0.2) is 43.0 Å². The van der Waals surface area contributed by atoms with Crippen molar-refractivity contribution in [1.82, 2.24) is 9.97 Å². The molecule has 0 spiro atoms. The number of nitrogens with zero attached hydrogens (tertiary/aromatic N) is 2. The van der Waals surface area contributed by atoms with Gasteiger partial charge in [-0.2, -0.15) is 0 Å². The van der Waals surface area contributed by atoms with E-state index in [1.807, 2.05) is 6.20 Å². The van der Waals surface area contributed by atoms with Crippen LogP contribution < -0.4 is 8.43 Å². The van der Waals surface area contributed by atoms with Gasteiger partial charge in [0, 0.05) is 0 Å². The van der Waals surface area contributed by atoms with E-state index < -0.39 is 28.4 Å². The number of hydrogen-bond donors (Lipinski definition) is 1. The number of rotatable bonds is 12. The predicted molar refractivity (Wildman–Crippen MR) is 105 cm³/mol. The predicted octanol–water partition coefficient (Wildman–Crippen LogP) is 3.90. The molecular weight excluding hydrogens is 429 g/mol. The molecule has 138 valence electrons. The summed E-state index contributed by atoms with van der Waals surface area (Å²) in [5.74, 6) is 0.322. The summed E-state index contributed by atoms with van der Waals surface area (Å²) in [7, 11) is -3.30. The van der Waals surface area contributed by atoms with Gasteiger partial charge in [-0.05, 0) is 0 Å². The first-order valence-electron chi connectivity index (χ1n) is 9.17. The number of unbranched alkanes of at least 4 members (excludes halogenated alkanes) is 3. The molecule has 0 aliphatic rings. The summed E-state index contributed by atoms with van der Waals surface area (Å²) in [6.45, 7) is 6.75. The third kappa shape index (κ3) is 7.25. The minimum atomic E-state index is -3.30. The minimum absolute atomic E-state index is 0.322. The van der Waals surface area contributed by atoms with Crippen molar-refractivity contribution in [2.24, 2.45) is 0 Å². The summed E-state index contributed by atoms with van der Waals surface area (Å²) in [4.78, 5) is 9.05. The van der Waals surface area contributed by atoms with Crippen molar-refractivity contribution in [3.05, 3.63) is 12.4 Å². The Morgan fingerprint density at radius 2 is 1.42 bits per heavy atom. The quantitative estimate of drug-likeness (QED) is 0.479. The number of aromatic nitrogens is 2. The Kier molecular flexibility index (Phi) is 9.55. The van der Waals surface area contributed by atoms with Crippen LogP contribution in [0.15, 0.2) is 12.4 Å². The van der Waals surface area contributed by atoms with Crippen LogP contribution >= 0.6 is 0 Å². The molecule has 1 heterocycles. The zero-order chi connectivity index (χ0) is 18.1. The van der Waals surface area contributed by atoms with Gasteiger partial charge >= 0.3 is 152 Å². The van der Waals surface area contributed by atoms with E-state index in [1.54, 1.807) is 6.20 Å². The SMILES string of the molecule is CCC[CH2][Sn]([CH2]CCC)([CH2]CCC)[c]1cnc(NS(C)(=O)=O)cn1. The van der Waals surface area contributed by atoms with Gasteiger partial charge in [0.2, 0.25) is 0 Å². The Morgan fingerprint density at radius 1 is 0.917 bits per heavy atom. The maximum atomic E-state index is 11.3. The maximum absolute atomic E-state index is 11.3. The van der Waals surface area contributed by atoms with Crippen molar-refractivity contribution >= 4 is 37.9 Å². The third-order valence-corrected chi connectivity index (χ3v) is 20.2. The molecule has 0 aromatic carbocycles. The van der Waals surface area contributed by atoms with E-state index in [1.165, 1.54) is 55.5 Å². The Balaban J connectivity index is 3.09. The summed E-state index contributed by atoms with van der Waals surface area (Å²) in [5, 5.41) is 0. The van der Waals surface area contributed by atoms with E-state index in [-0.39, 0.29) is 0 Å². The molecule has 0 saturated heterocycles. The second-order valence-electron chi connectivity index (χ2n) is 6.75. The molecule has 0 radical (unpaired) electrons. The van der Waals surface area contributed by atoms with Gasteiger partial charge in [0.25, 0.3) is 0 Å². The van der Waals surface area contributed by atoms with Crippen molar-refractivity contribution in [1.29, 1.82) is 0 Å². The van der Waals surface area contributed by atoms with Gasteiger partial charge in [0.05, 0.1) is 0 Å². The number of anilines is 1. The van der Waals surface area contributed by atoms with Gasteiger partial charge in [-0.15, -0.1) is 0 Å². The normalized spacial score (nSPS) is 12.3. The van der Waals surface area contributed by atoms with E-state index in [9.17, 15) is 8.42 Å². The molecule has 1 aromatic heterocycles. The van der Waals surface area contributed by atoms with E-state index in [0.29, 0.717) is 5.82 Å². The molecule has 1 aromatic rings. The summed E-state index contributed by atoms with van der Waals surface area (Å²) in [6, 6.07) is 0. The molecule has 5 nitrogen and oxygen atoms in total. The molecule has 7 heteroatoms. The second kappa shape index (κ2) is 10.6. The molecule has 0 atom stereocenters.